The molecule has 1 amide bonds. The van der Waals surface area contributed by atoms with E-state index in [1.165, 1.54) is 6.20 Å². The van der Waals surface area contributed by atoms with Gasteiger partial charge in [-0.1, -0.05) is 25.5 Å². The van der Waals surface area contributed by atoms with Crippen molar-refractivity contribution in [3.05, 3.63) is 11.9 Å². The van der Waals surface area contributed by atoms with Gasteiger partial charge < -0.3 is 10.4 Å². The zero-order valence-electron chi connectivity index (χ0n) is 11.7. The summed E-state index contributed by atoms with van der Waals surface area (Å²) in [5, 5.41) is 19.0. The van der Waals surface area contributed by atoms with Crippen molar-refractivity contribution in [2.45, 2.75) is 45.7 Å². The number of hydrogen-bond acceptors (Lipinski definition) is 4. The number of carbonyl (C=O) groups excluding carboxylic acids is 1. The molecule has 1 aliphatic rings. The van der Waals surface area contributed by atoms with E-state index in [9.17, 15) is 9.59 Å². The molecule has 0 spiro atoms. The van der Waals surface area contributed by atoms with Crippen molar-refractivity contribution in [2.75, 3.05) is 0 Å². The molecule has 1 fully saturated rings. The molecule has 3 atom stereocenters. The van der Waals surface area contributed by atoms with Gasteiger partial charge in [-0.15, -0.1) is 5.10 Å². The third-order valence-electron chi connectivity index (χ3n) is 4.14. The largest absolute Gasteiger partial charge is 0.480 e. The summed E-state index contributed by atoms with van der Waals surface area (Å²) in [5.74, 6) is -0.187. The van der Waals surface area contributed by atoms with Crippen LogP contribution in [0.5, 0.6) is 0 Å². The van der Waals surface area contributed by atoms with Crippen LogP contribution in [0.1, 0.15) is 43.6 Å². The van der Waals surface area contributed by atoms with E-state index in [0.29, 0.717) is 11.8 Å². The molecule has 0 aromatic carbocycles. The maximum Gasteiger partial charge on any atom is 0.325 e. The highest BCUT2D eigenvalue weighted by atomic mass is 16.4. The van der Waals surface area contributed by atoms with Crippen LogP contribution in [0.3, 0.4) is 0 Å². The molecule has 7 heteroatoms. The zero-order valence-corrected chi connectivity index (χ0v) is 11.7. The molecule has 1 aromatic heterocycles. The summed E-state index contributed by atoms with van der Waals surface area (Å²) >= 11 is 0. The maximum atomic E-state index is 12.1. The van der Waals surface area contributed by atoms with Crippen LogP contribution in [0.2, 0.25) is 0 Å². The fourth-order valence-electron chi connectivity index (χ4n) is 2.89. The summed E-state index contributed by atoms with van der Waals surface area (Å²) in [6.45, 7) is 4.04. The van der Waals surface area contributed by atoms with E-state index in [1.54, 1.807) is 0 Å². The molecule has 2 N–H and O–H groups in total. The Morgan fingerprint density at radius 2 is 2.25 bits per heavy atom. The summed E-state index contributed by atoms with van der Waals surface area (Å²) in [7, 11) is 0. The minimum atomic E-state index is -1.02. The van der Waals surface area contributed by atoms with Crippen LogP contribution in [0.4, 0.5) is 0 Å². The van der Waals surface area contributed by atoms with E-state index in [4.69, 9.17) is 5.11 Å². The van der Waals surface area contributed by atoms with Gasteiger partial charge in [0.25, 0.3) is 5.91 Å². The van der Waals surface area contributed by atoms with E-state index in [0.717, 1.165) is 23.9 Å². The smallest absolute Gasteiger partial charge is 0.325 e. The lowest BCUT2D eigenvalue weighted by Gasteiger charge is -2.20. The van der Waals surface area contributed by atoms with Crippen LogP contribution in [-0.2, 0) is 11.3 Å². The van der Waals surface area contributed by atoms with Gasteiger partial charge in [0, 0.05) is 6.04 Å². The van der Waals surface area contributed by atoms with Crippen LogP contribution in [0, 0.1) is 11.8 Å². The van der Waals surface area contributed by atoms with Crippen LogP contribution < -0.4 is 5.32 Å². The van der Waals surface area contributed by atoms with Gasteiger partial charge in [-0.2, -0.15) is 0 Å². The number of aliphatic carboxylic acids is 1. The highest BCUT2D eigenvalue weighted by Crippen LogP contribution is 2.33. The van der Waals surface area contributed by atoms with Crippen LogP contribution >= 0.6 is 0 Å². The second kappa shape index (κ2) is 6.02. The summed E-state index contributed by atoms with van der Waals surface area (Å²) in [5.41, 5.74) is 0.165. The SMILES string of the molecule is CCC1CCC(NC(=O)c2cn(CC(=O)O)nn2)C1C. The lowest BCUT2D eigenvalue weighted by Crippen LogP contribution is -2.37. The Kier molecular flexibility index (Phi) is 4.36. The van der Waals surface area contributed by atoms with Gasteiger partial charge in [0.05, 0.1) is 6.20 Å². The highest BCUT2D eigenvalue weighted by molar-refractivity contribution is 5.92. The van der Waals surface area contributed by atoms with Crippen molar-refractivity contribution >= 4 is 11.9 Å². The summed E-state index contributed by atoms with van der Waals surface area (Å²) in [6, 6.07) is 0.164. The van der Waals surface area contributed by atoms with Crippen molar-refractivity contribution in [2.24, 2.45) is 11.8 Å². The standard InChI is InChI=1S/C13H20N4O3/c1-3-9-4-5-10(8(9)2)14-13(20)11-6-17(16-15-11)7-12(18)19/h6,8-10H,3-5,7H2,1-2H3,(H,14,20)(H,18,19). The van der Waals surface area contributed by atoms with E-state index < -0.39 is 5.97 Å². The minimum absolute atomic E-state index is 0.164. The molecule has 7 nitrogen and oxygen atoms in total. The van der Waals surface area contributed by atoms with Crippen molar-refractivity contribution in [1.29, 1.82) is 0 Å². The molecular weight excluding hydrogens is 260 g/mol. The Labute approximate surface area is 117 Å². The molecule has 0 saturated heterocycles. The molecule has 0 bridgehead atoms. The average molecular weight is 280 g/mol. The third kappa shape index (κ3) is 3.15. The molecule has 20 heavy (non-hydrogen) atoms. The molecule has 110 valence electrons. The predicted molar refractivity (Wildman–Crippen MR) is 71.1 cm³/mol. The Morgan fingerprint density at radius 3 is 2.85 bits per heavy atom. The molecule has 1 aromatic rings. The van der Waals surface area contributed by atoms with E-state index in [-0.39, 0.29) is 24.2 Å². The second-order valence-electron chi connectivity index (χ2n) is 5.38. The van der Waals surface area contributed by atoms with Gasteiger partial charge in [-0.05, 0) is 24.7 Å². The van der Waals surface area contributed by atoms with Crippen molar-refractivity contribution < 1.29 is 14.7 Å². The lowest BCUT2D eigenvalue weighted by atomic mass is 9.93. The van der Waals surface area contributed by atoms with Crippen LogP contribution in [0.25, 0.3) is 0 Å². The number of aromatic nitrogens is 3. The quantitative estimate of drug-likeness (QED) is 0.835. The second-order valence-corrected chi connectivity index (χ2v) is 5.38. The summed E-state index contributed by atoms with van der Waals surface area (Å²) in [6.07, 6.45) is 4.60. The summed E-state index contributed by atoms with van der Waals surface area (Å²) in [4.78, 5) is 22.6. The van der Waals surface area contributed by atoms with Crippen molar-refractivity contribution in [1.82, 2.24) is 20.3 Å². The predicted octanol–water partition coefficient (Wildman–Crippen LogP) is 0.917. The van der Waals surface area contributed by atoms with Crippen LogP contribution in [0.15, 0.2) is 6.20 Å². The highest BCUT2D eigenvalue weighted by Gasteiger charge is 2.32. The normalized spacial score (nSPS) is 25.6. The lowest BCUT2D eigenvalue weighted by molar-refractivity contribution is -0.137. The molecule has 3 unspecified atom stereocenters. The minimum Gasteiger partial charge on any atom is -0.480 e. The van der Waals surface area contributed by atoms with E-state index in [1.807, 2.05) is 0 Å². The Hall–Kier alpha value is -1.92. The fraction of sp³-hybridized carbons (Fsp3) is 0.692. The number of hydrogen-bond donors (Lipinski definition) is 2. The first-order chi connectivity index (χ1) is 9.51. The number of nitrogens with zero attached hydrogens (tertiary/aromatic N) is 3. The number of rotatable bonds is 5. The first-order valence-corrected chi connectivity index (χ1v) is 6.94. The van der Waals surface area contributed by atoms with Gasteiger partial charge in [-0.3, -0.25) is 9.59 Å². The first-order valence-electron chi connectivity index (χ1n) is 6.94. The summed E-state index contributed by atoms with van der Waals surface area (Å²) < 4.78 is 1.14. The van der Waals surface area contributed by atoms with E-state index >= 15 is 0 Å². The number of carboxylic acids is 1. The van der Waals surface area contributed by atoms with Crippen LogP contribution in [-0.4, -0.2) is 38.0 Å². The average Bonchev–Trinajstić information content (AvgIpc) is 2.97. The zero-order chi connectivity index (χ0) is 14.7. The molecule has 1 aliphatic carbocycles. The molecule has 0 radical (unpaired) electrons. The molecule has 2 rings (SSSR count). The fourth-order valence-corrected chi connectivity index (χ4v) is 2.89. The van der Waals surface area contributed by atoms with Crippen molar-refractivity contribution in [3.8, 4) is 0 Å². The Balaban J connectivity index is 1.95. The number of carbonyl (C=O) groups is 2. The van der Waals surface area contributed by atoms with Gasteiger partial charge in [0.2, 0.25) is 0 Å². The Morgan fingerprint density at radius 1 is 1.50 bits per heavy atom. The molecule has 1 heterocycles. The number of amides is 1. The maximum absolute atomic E-state index is 12.1. The topological polar surface area (TPSA) is 97.1 Å². The molecule has 0 aliphatic heterocycles. The Bertz CT molecular complexity index is 500. The van der Waals surface area contributed by atoms with Gasteiger partial charge in [0.1, 0.15) is 6.54 Å². The molecular formula is C13H20N4O3. The van der Waals surface area contributed by atoms with E-state index in [2.05, 4.69) is 29.5 Å². The number of nitrogens with one attached hydrogen (secondary N) is 1. The number of carboxylic acid groups (broad SMARTS) is 1. The molecule has 1 saturated carbocycles. The third-order valence-corrected chi connectivity index (χ3v) is 4.14. The van der Waals surface area contributed by atoms with Crippen molar-refractivity contribution in [3.63, 3.8) is 0 Å². The van der Waals surface area contributed by atoms with Gasteiger partial charge in [0.15, 0.2) is 5.69 Å². The monoisotopic (exact) mass is 280 g/mol. The van der Waals surface area contributed by atoms with Gasteiger partial charge >= 0.3 is 5.97 Å². The van der Waals surface area contributed by atoms with Gasteiger partial charge in [-0.25, -0.2) is 4.68 Å². The first kappa shape index (κ1) is 14.5.